The Bertz CT molecular complexity index is 324. The molecule has 0 saturated carbocycles. The molecule has 0 radical (unpaired) electrons. The molecule has 1 nitrogen and oxygen atoms in total. The fraction of sp³-hybridized carbons (Fsp3) is 0.455. The molecule has 0 heterocycles. The van der Waals surface area contributed by atoms with Crippen LogP contribution in [0.1, 0.15) is 19.3 Å². The number of rotatable bonds is 6. The lowest BCUT2D eigenvalue weighted by molar-refractivity contribution is 0.289. The molecule has 0 aliphatic rings. The van der Waals surface area contributed by atoms with Crippen molar-refractivity contribution in [1.82, 2.24) is 0 Å². The van der Waals surface area contributed by atoms with Crippen LogP contribution in [-0.2, 0) is 0 Å². The molecule has 0 N–H and O–H groups in total. The average molecular weight is 311 g/mol. The summed E-state index contributed by atoms with van der Waals surface area (Å²) in [4.78, 5) is 0. The minimum Gasteiger partial charge on any atom is -0.489 e. The maximum absolute atomic E-state index is 13.3. The van der Waals surface area contributed by atoms with Crippen LogP contribution in [-0.4, -0.2) is 12.4 Å². The van der Waals surface area contributed by atoms with Gasteiger partial charge in [0.1, 0.15) is 5.82 Å². The van der Waals surface area contributed by atoms with Gasteiger partial charge in [0, 0.05) is 6.07 Å². The molecule has 0 aromatic heterocycles. The monoisotopic (exact) mass is 310 g/mol. The van der Waals surface area contributed by atoms with E-state index in [0.29, 0.717) is 11.1 Å². The van der Waals surface area contributed by atoms with Crippen molar-refractivity contribution in [1.29, 1.82) is 0 Å². The molecular formula is C11H13BrF2OS. The lowest BCUT2D eigenvalue weighted by Crippen LogP contribution is -2.00. The Morgan fingerprint density at radius 2 is 1.94 bits per heavy atom. The zero-order valence-corrected chi connectivity index (χ0v) is 11.2. The van der Waals surface area contributed by atoms with Crippen molar-refractivity contribution in [2.45, 2.75) is 19.3 Å². The second-order valence-corrected chi connectivity index (χ2v) is 4.63. The van der Waals surface area contributed by atoms with Crippen molar-refractivity contribution in [3.63, 3.8) is 0 Å². The molecular weight excluding hydrogens is 298 g/mol. The van der Waals surface area contributed by atoms with Crippen LogP contribution in [0.4, 0.5) is 8.78 Å². The highest BCUT2D eigenvalue weighted by Gasteiger charge is 2.10. The van der Waals surface area contributed by atoms with Gasteiger partial charge in [0.15, 0.2) is 11.6 Å². The van der Waals surface area contributed by atoms with Gasteiger partial charge >= 0.3 is 0 Å². The summed E-state index contributed by atoms with van der Waals surface area (Å²) in [7, 11) is 0. The Balaban J connectivity index is 2.47. The fourth-order valence-electron chi connectivity index (χ4n) is 1.23. The van der Waals surface area contributed by atoms with Gasteiger partial charge in [-0.15, -0.1) is 0 Å². The molecule has 0 bridgehead atoms. The van der Waals surface area contributed by atoms with Crippen molar-refractivity contribution in [3.8, 4) is 5.75 Å². The summed E-state index contributed by atoms with van der Waals surface area (Å²) in [6.07, 6.45) is 2.84. The van der Waals surface area contributed by atoms with E-state index in [0.717, 1.165) is 31.1 Å². The van der Waals surface area contributed by atoms with Gasteiger partial charge in [0.2, 0.25) is 0 Å². The second kappa shape index (κ2) is 7.12. The van der Waals surface area contributed by atoms with Gasteiger partial charge in [-0.2, -0.15) is 12.6 Å². The molecule has 0 unspecified atom stereocenters. The topological polar surface area (TPSA) is 9.23 Å². The third kappa shape index (κ3) is 4.29. The van der Waals surface area contributed by atoms with E-state index in [-0.39, 0.29) is 5.75 Å². The van der Waals surface area contributed by atoms with Crippen LogP contribution in [0.15, 0.2) is 16.6 Å². The molecule has 0 atom stereocenters. The summed E-state index contributed by atoms with van der Waals surface area (Å²) < 4.78 is 31.6. The largest absolute Gasteiger partial charge is 0.489 e. The molecule has 5 heteroatoms. The third-order valence-electron chi connectivity index (χ3n) is 2.01. The highest BCUT2D eigenvalue weighted by atomic mass is 79.9. The summed E-state index contributed by atoms with van der Waals surface area (Å²) in [5.41, 5.74) is 0. The van der Waals surface area contributed by atoms with Crippen LogP contribution >= 0.6 is 28.6 Å². The predicted molar refractivity (Wildman–Crippen MR) is 67.3 cm³/mol. The van der Waals surface area contributed by atoms with Crippen molar-refractivity contribution in [2.75, 3.05) is 12.4 Å². The highest BCUT2D eigenvalue weighted by molar-refractivity contribution is 9.10. The predicted octanol–water partition coefficient (Wildman–Crippen LogP) is 4.21. The van der Waals surface area contributed by atoms with E-state index in [1.54, 1.807) is 0 Å². The fourth-order valence-corrected chi connectivity index (χ4v) is 1.98. The van der Waals surface area contributed by atoms with E-state index in [4.69, 9.17) is 4.74 Å². The van der Waals surface area contributed by atoms with Gasteiger partial charge in [0.05, 0.1) is 11.1 Å². The van der Waals surface area contributed by atoms with Crippen molar-refractivity contribution in [3.05, 3.63) is 28.2 Å². The molecule has 1 rings (SSSR count). The van der Waals surface area contributed by atoms with Crippen LogP contribution in [0, 0.1) is 11.6 Å². The van der Waals surface area contributed by atoms with E-state index in [9.17, 15) is 8.78 Å². The number of thiol groups is 1. The van der Waals surface area contributed by atoms with Gasteiger partial charge < -0.3 is 4.74 Å². The smallest absolute Gasteiger partial charge is 0.169 e. The van der Waals surface area contributed by atoms with Crippen molar-refractivity contribution in [2.24, 2.45) is 0 Å². The normalized spacial score (nSPS) is 10.5. The lowest BCUT2D eigenvalue weighted by Gasteiger charge is -2.09. The van der Waals surface area contributed by atoms with E-state index in [1.807, 2.05) is 0 Å². The number of hydrogen-bond donors (Lipinski definition) is 1. The third-order valence-corrected chi connectivity index (χ3v) is 2.92. The number of benzene rings is 1. The van der Waals surface area contributed by atoms with Crippen LogP contribution < -0.4 is 4.74 Å². The molecule has 16 heavy (non-hydrogen) atoms. The van der Waals surface area contributed by atoms with Gasteiger partial charge in [0.25, 0.3) is 0 Å². The standard InChI is InChI=1S/C11H13BrF2OS/c12-9-6-8(13)7-10(14)11(9)15-4-2-1-3-5-16/h6-7,16H,1-5H2. The zero-order valence-electron chi connectivity index (χ0n) is 8.68. The summed E-state index contributed by atoms with van der Waals surface area (Å²) in [5.74, 6) is -0.380. The van der Waals surface area contributed by atoms with Crippen molar-refractivity contribution < 1.29 is 13.5 Å². The maximum atomic E-state index is 13.3. The highest BCUT2D eigenvalue weighted by Crippen LogP contribution is 2.29. The first kappa shape index (κ1) is 13.8. The van der Waals surface area contributed by atoms with Crippen LogP contribution in [0.5, 0.6) is 5.75 Å². The second-order valence-electron chi connectivity index (χ2n) is 3.33. The first-order chi connectivity index (χ1) is 7.65. The number of unbranched alkanes of at least 4 members (excludes halogenated alkanes) is 2. The minimum absolute atomic E-state index is 0.0762. The van der Waals surface area contributed by atoms with E-state index < -0.39 is 11.6 Å². The van der Waals surface area contributed by atoms with E-state index >= 15 is 0 Å². The summed E-state index contributed by atoms with van der Waals surface area (Å²) in [5, 5.41) is 0. The summed E-state index contributed by atoms with van der Waals surface area (Å²) in [6, 6.07) is 2.00. The Hall–Kier alpha value is -0.290. The number of ether oxygens (including phenoxy) is 1. The molecule has 1 aromatic rings. The van der Waals surface area contributed by atoms with Crippen molar-refractivity contribution >= 4 is 28.6 Å². The van der Waals surface area contributed by atoms with Crippen LogP contribution in [0.25, 0.3) is 0 Å². The van der Waals surface area contributed by atoms with Crippen LogP contribution in [0.2, 0.25) is 0 Å². The summed E-state index contributed by atoms with van der Waals surface area (Å²) >= 11 is 7.15. The quantitative estimate of drug-likeness (QED) is 0.612. The Morgan fingerprint density at radius 1 is 1.19 bits per heavy atom. The number of hydrogen-bond acceptors (Lipinski definition) is 2. The zero-order chi connectivity index (χ0) is 12.0. The van der Waals surface area contributed by atoms with Gasteiger partial charge in [-0.3, -0.25) is 0 Å². The Morgan fingerprint density at radius 3 is 2.56 bits per heavy atom. The molecule has 0 fully saturated rings. The Kier molecular flexibility index (Phi) is 6.13. The van der Waals surface area contributed by atoms with E-state index in [1.165, 1.54) is 6.07 Å². The first-order valence-electron chi connectivity index (χ1n) is 5.03. The number of halogens is 3. The molecule has 0 spiro atoms. The average Bonchev–Trinajstić information content (AvgIpc) is 2.20. The van der Waals surface area contributed by atoms with E-state index in [2.05, 4.69) is 28.6 Å². The molecule has 0 aliphatic heterocycles. The molecule has 0 aliphatic carbocycles. The summed E-state index contributed by atoms with van der Waals surface area (Å²) in [6.45, 7) is 0.426. The molecule has 90 valence electrons. The minimum atomic E-state index is -0.680. The Labute approximate surface area is 108 Å². The molecule has 1 aromatic carbocycles. The van der Waals surface area contributed by atoms with Gasteiger partial charge in [-0.05, 0) is 47.0 Å². The van der Waals surface area contributed by atoms with Crippen LogP contribution in [0.3, 0.4) is 0 Å². The molecule has 0 amide bonds. The molecule has 0 saturated heterocycles. The lowest BCUT2D eigenvalue weighted by atomic mass is 10.2. The SMILES string of the molecule is Fc1cc(F)c(OCCCCCS)c(Br)c1. The van der Waals surface area contributed by atoms with Gasteiger partial charge in [-0.25, -0.2) is 8.78 Å². The first-order valence-corrected chi connectivity index (χ1v) is 6.46. The maximum Gasteiger partial charge on any atom is 0.169 e. The van der Waals surface area contributed by atoms with Gasteiger partial charge in [-0.1, -0.05) is 0 Å².